The van der Waals surface area contributed by atoms with Crippen molar-refractivity contribution in [3.8, 4) is 5.75 Å². The van der Waals surface area contributed by atoms with Gasteiger partial charge >= 0.3 is 5.97 Å². The Labute approximate surface area is 105 Å². The van der Waals surface area contributed by atoms with Crippen LogP contribution in [0.3, 0.4) is 0 Å². The molecule has 4 nitrogen and oxygen atoms in total. The molecule has 1 aliphatic heterocycles. The summed E-state index contributed by atoms with van der Waals surface area (Å²) in [6.45, 7) is 1.14. The number of halogens is 1. The van der Waals surface area contributed by atoms with Crippen molar-refractivity contribution in [2.24, 2.45) is 0 Å². The van der Waals surface area contributed by atoms with E-state index in [2.05, 4.69) is 0 Å². The number of carbonyl (C=O) groups is 1. The molecule has 0 N–H and O–H groups in total. The van der Waals surface area contributed by atoms with Crippen LogP contribution in [0.25, 0.3) is 0 Å². The van der Waals surface area contributed by atoms with E-state index in [0.717, 1.165) is 0 Å². The van der Waals surface area contributed by atoms with Gasteiger partial charge in [0.05, 0.1) is 25.9 Å². The third kappa shape index (κ3) is 2.98. The number of esters is 1. The van der Waals surface area contributed by atoms with Crippen LogP contribution in [0.4, 0.5) is 4.39 Å². The summed E-state index contributed by atoms with van der Waals surface area (Å²) < 4.78 is 28.9. The quantitative estimate of drug-likeness (QED) is 0.775. The highest BCUT2D eigenvalue weighted by Crippen LogP contribution is 2.19. The summed E-state index contributed by atoms with van der Waals surface area (Å²) in [5.74, 6) is -0.899. The van der Waals surface area contributed by atoms with Gasteiger partial charge in [0, 0.05) is 18.9 Å². The summed E-state index contributed by atoms with van der Waals surface area (Å²) in [4.78, 5) is 11.8. The zero-order valence-corrected chi connectivity index (χ0v) is 10.1. The lowest BCUT2D eigenvalue weighted by molar-refractivity contribution is -0.0162. The Morgan fingerprint density at radius 1 is 1.39 bits per heavy atom. The van der Waals surface area contributed by atoms with Gasteiger partial charge in [0.1, 0.15) is 17.7 Å². The summed E-state index contributed by atoms with van der Waals surface area (Å²) in [6, 6.07) is 4.07. The number of benzene rings is 1. The number of hydrogen-bond donors (Lipinski definition) is 0. The second kappa shape index (κ2) is 5.82. The fourth-order valence-corrected chi connectivity index (χ4v) is 1.80. The molecule has 1 aromatic carbocycles. The molecule has 1 aliphatic rings. The lowest BCUT2D eigenvalue weighted by Gasteiger charge is -2.22. The van der Waals surface area contributed by atoms with Crippen molar-refractivity contribution in [1.82, 2.24) is 0 Å². The van der Waals surface area contributed by atoms with Gasteiger partial charge in [0.25, 0.3) is 0 Å². The van der Waals surface area contributed by atoms with Crippen LogP contribution in [0, 0.1) is 5.82 Å². The van der Waals surface area contributed by atoms with Gasteiger partial charge in [-0.05, 0) is 12.1 Å². The van der Waals surface area contributed by atoms with Crippen LogP contribution < -0.4 is 4.74 Å². The predicted molar refractivity (Wildman–Crippen MR) is 62.2 cm³/mol. The van der Waals surface area contributed by atoms with Crippen LogP contribution in [0.1, 0.15) is 23.2 Å². The first-order valence-electron chi connectivity index (χ1n) is 5.83. The maximum Gasteiger partial charge on any atom is 0.341 e. The first-order valence-corrected chi connectivity index (χ1v) is 5.83. The van der Waals surface area contributed by atoms with Crippen LogP contribution in [-0.4, -0.2) is 32.4 Å². The topological polar surface area (TPSA) is 44.8 Å². The second-order valence-electron chi connectivity index (χ2n) is 4.06. The summed E-state index contributed by atoms with van der Waals surface area (Å²) in [5.41, 5.74) is -0.0673. The van der Waals surface area contributed by atoms with Crippen molar-refractivity contribution in [3.05, 3.63) is 29.6 Å². The molecule has 0 unspecified atom stereocenters. The molecule has 0 bridgehead atoms. The molecule has 0 spiro atoms. The Morgan fingerprint density at radius 2 is 2.11 bits per heavy atom. The lowest BCUT2D eigenvalue weighted by Crippen LogP contribution is -2.26. The Bertz CT molecular complexity index is 427. The van der Waals surface area contributed by atoms with Crippen molar-refractivity contribution < 1.29 is 23.4 Å². The summed E-state index contributed by atoms with van der Waals surface area (Å²) in [5, 5.41) is 0. The third-order valence-corrected chi connectivity index (χ3v) is 2.84. The number of ether oxygens (including phenoxy) is 3. The van der Waals surface area contributed by atoms with Crippen LogP contribution >= 0.6 is 0 Å². The van der Waals surface area contributed by atoms with Crippen LogP contribution in [0.5, 0.6) is 5.75 Å². The van der Waals surface area contributed by atoms with Gasteiger partial charge in [-0.25, -0.2) is 9.18 Å². The predicted octanol–water partition coefficient (Wildman–Crippen LogP) is 2.17. The van der Waals surface area contributed by atoms with E-state index in [0.29, 0.717) is 31.8 Å². The Kier molecular flexibility index (Phi) is 4.15. The first kappa shape index (κ1) is 12.8. The average Bonchev–Trinajstić information content (AvgIpc) is 2.39. The lowest BCUT2D eigenvalue weighted by atomic mass is 10.1. The van der Waals surface area contributed by atoms with E-state index in [4.69, 9.17) is 14.2 Å². The van der Waals surface area contributed by atoms with Gasteiger partial charge in [-0.1, -0.05) is 0 Å². The zero-order chi connectivity index (χ0) is 13.0. The number of carbonyl (C=O) groups excluding carboxylic acids is 1. The number of rotatable bonds is 3. The molecule has 5 heteroatoms. The maximum atomic E-state index is 13.6. The minimum Gasteiger partial charge on any atom is -0.497 e. The first-order chi connectivity index (χ1) is 8.70. The van der Waals surface area contributed by atoms with Crippen molar-refractivity contribution in [1.29, 1.82) is 0 Å². The molecular formula is C13H15FO4. The third-order valence-electron chi connectivity index (χ3n) is 2.84. The van der Waals surface area contributed by atoms with E-state index in [9.17, 15) is 9.18 Å². The van der Waals surface area contributed by atoms with Gasteiger partial charge in [0.15, 0.2) is 0 Å². The van der Waals surface area contributed by atoms with Gasteiger partial charge in [-0.3, -0.25) is 0 Å². The van der Waals surface area contributed by atoms with E-state index >= 15 is 0 Å². The molecular weight excluding hydrogens is 239 g/mol. The molecule has 0 atom stereocenters. The highest BCUT2D eigenvalue weighted by atomic mass is 19.1. The normalized spacial score (nSPS) is 16.3. The van der Waals surface area contributed by atoms with Crippen molar-refractivity contribution in [2.75, 3.05) is 20.3 Å². The standard InChI is InChI=1S/C13H15FO4/c1-16-10-2-3-11(12(14)8-10)13(15)18-9-4-6-17-7-5-9/h2-3,8-9H,4-7H2,1H3. The summed E-state index contributed by atoms with van der Waals surface area (Å²) >= 11 is 0. The molecule has 0 radical (unpaired) electrons. The van der Waals surface area contributed by atoms with Crippen molar-refractivity contribution in [3.63, 3.8) is 0 Å². The van der Waals surface area contributed by atoms with Crippen molar-refractivity contribution >= 4 is 5.97 Å². The largest absolute Gasteiger partial charge is 0.497 e. The second-order valence-corrected chi connectivity index (χ2v) is 4.06. The number of methoxy groups -OCH3 is 1. The van der Waals surface area contributed by atoms with Gasteiger partial charge in [-0.15, -0.1) is 0 Å². The minimum atomic E-state index is -0.637. The highest BCUT2D eigenvalue weighted by molar-refractivity contribution is 5.90. The highest BCUT2D eigenvalue weighted by Gasteiger charge is 2.21. The average molecular weight is 254 g/mol. The van der Waals surface area contributed by atoms with E-state index in [1.165, 1.54) is 25.3 Å². The molecule has 0 saturated carbocycles. The van der Waals surface area contributed by atoms with Gasteiger partial charge in [-0.2, -0.15) is 0 Å². The molecule has 0 aromatic heterocycles. The zero-order valence-electron chi connectivity index (χ0n) is 10.1. The van der Waals surface area contributed by atoms with E-state index < -0.39 is 11.8 Å². The van der Waals surface area contributed by atoms with Crippen LogP contribution in [0.2, 0.25) is 0 Å². The van der Waals surface area contributed by atoms with E-state index in [1.807, 2.05) is 0 Å². The molecule has 18 heavy (non-hydrogen) atoms. The Hall–Kier alpha value is -1.62. The van der Waals surface area contributed by atoms with E-state index in [-0.39, 0.29) is 11.7 Å². The minimum absolute atomic E-state index is 0.0673. The summed E-state index contributed by atoms with van der Waals surface area (Å²) in [7, 11) is 1.44. The fourth-order valence-electron chi connectivity index (χ4n) is 1.80. The van der Waals surface area contributed by atoms with Gasteiger partial charge < -0.3 is 14.2 Å². The maximum absolute atomic E-state index is 13.6. The summed E-state index contributed by atoms with van der Waals surface area (Å²) in [6.07, 6.45) is 1.13. The fraction of sp³-hybridized carbons (Fsp3) is 0.462. The monoisotopic (exact) mass is 254 g/mol. The molecule has 0 aliphatic carbocycles. The van der Waals surface area contributed by atoms with Crippen LogP contribution in [-0.2, 0) is 9.47 Å². The molecule has 1 saturated heterocycles. The molecule has 1 heterocycles. The Morgan fingerprint density at radius 3 is 2.72 bits per heavy atom. The molecule has 2 rings (SSSR count). The van der Waals surface area contributed by atoms with Crippen molar-refractivity contribution in [2.45, 2.75) is 18.9 Å². The Balaban J connectivity index is 2.03. The molecule has 0 amide bonds. The van der Waals surface area contributed by atoms with Gasteiger partial charge in [0.2, 0.25) is 0 Å². The van der Waals surface area contributed by atoms with Crippen LogP contribution in [0.15, 0.2) is 18.2 Å². The molecule has 1 aromatic rings. The molecule has 1 fully saturated rings. The SMILES string of the molecule is COc1ccc(C(=O)OC2CCOCC2)c(F)c1. The smallest absolute Gasteiger partial charge is 0.341 e. The molecule has 98 valence electrons. The number of hydrogen-bond acceptors (Lipinski definition) is 4. The van der Waals surface area contributed by atoms with E-state index in [1.54, 1.807) is 0 Å².